The normalized spacial score (nSPS) is 10.7. The number of fused-ring (bicyclic) bond motifs is 1. The van der Waals surface area contributed by atoms with Crippen LogP contribution in [0.5, 0.6) is 0 Å². The van der Waals surface area contributed by atoms with Crippen LogP contribution in [0.2, 0.25) is 5.02 Å². The van der Waals surface area contributed by atoms with E-state index in [1.165, 1.54) is 0 Å². The Bertz CT molecular complexity index is 988. The van der Waals surface area contributed by atoms with Crippen LogP contribution in [0.1, 0.15) is 9.67 Å². The molecule has 0 unspecified atom stereocenters. The summed E-state index contributed by atoms with van der Waals surface area (Å²) in [5.41, 5.74) is 17.8. The zero-order valence-electron chi connectivity index (χ0n) is 11.9. The summed E-state index contributed by atoms with van der Waals surface area (Å²) in [4.78, 5) is 31.4. The van der Waals surface area contributed by atoms with Crippen LogP contribution in [-0.4, -0.2) is 22.0 Å². The molecule has 2 heterocycles. The molecule has 24 heavy (non-hydrogen) atoms. The van der Waals surface area contributed by atoms with Gasteiger partial charge in [-0.15, -0.1) is 11.3 Å². The van der Waals surface area contributed by atoms with Gasteiger partial charge in [-0.05, 0) is 12.1 Å². The Morgan fingerprint density at radius 2 is 1.96 bits per heavy atom. The summed E-state index contributed by atoms with van der Waals surface area (Å²) in [5.74, 6) is -0.952. The number of nitrogen functional groups attached to an aromatic ring is 2. The summed E-state index contributed by atoms with van der Waals surface area (Å²) in [6.45, 7) is 0. The number of esters is 1. The number of halogens is 1. The molecule has 0 aliphatic heterocycles. The third-order valence-electron chi connectivity index (χ3n) is 3.08. The number of nitrogens with zero attached hydrogens (tertiary/aromatic N) is 2. The molecule has 0 bridgehead atoms. The first-order valence-electron chi connectivity index (χ1n) is 6.50. The molecule has 2 aromatic heterocycles. The first-order valence-corrected chi connectivity index (χ1v) is 7.69. The molecule has 1 aromatic carbocycles. The molecule has 6 N–H and O–H groups in total. The monoisotopic (exact) mass is 363 g/mol. The second kappa shape index (κ2) is 5.95. The van der Waals surface area contributed by atoms with Crippen molar-refractivity contribution in [2.75, 3.05) is 11.5 Å². The van der Waals surface area contributed by atoms with Crippen LogP contribution in [-0.2, 0) is 4.74 Å². The van der Waals surface area contributed by atoms with E-state index in [0.717, 1.165) is 11.3 Å². The summed E-state index contributed by atoms with van der Waals surface area (Å²) in [7, 11) is 0. The van der Waals surface area contributed by atoms with Crippen molar-refractivity contribution < 1.29 is 14.3 Å². The second-order valence-corrected chi connectivity index (χ2v) is 6.11. The predicted octanol–water partition coefficient (Wildman–Crippen LogP) is 2.41. The fraction of sp³-hybridized carbons (Fsp3) is 0. The maximum Gasteiger partial charge on any atom is 0.412 e. The molecular formula is C14H10ClN5O3S. The number of thiophene rings is 1. The van der Waals surface area contributed by atoms with E-state index in [1.54, 1.807) is 24.3 Å². The number of benzene rings is 1. The van der Waals surface area contributed by atoms with Gasteiger partial charge in [0.2, 0.25) is 5.95 Å². The number of carbonyl (C=O) groups is 2. The minimum Gasteiger partial charge on any atom is -0.397 e. The van der Waals surface area contributed by atoms with Crippen molar-refractivity contribution in [3.8, 4) is 11.3 Å². The Morgan fingerprint density at radius 1 is 1.21 bits per heavy atom. The highest BCUT2D eigenvalue weighted by Gasteiger charge is 2.23. The highest BCUT2D eigenvalue weighted by molar-refractivity contribution is 7.21. The Morgan fingerprint density at radius 3 is 2.62 bits per heavy atom. The third kappa shape index (κ3) is 2.82. The van der Waals surface area contributed by atoms with Crippen molar-refractivity contribution >= 4 is 56.9 Å². The number of hydrogen-bond acceptors (Lipinski definition) is 8. The Labute approximate surface area is 144 Å². The van der Waals surface area contributed by atoms with Crippen molar-refractivity contribution in [3.05, 3.63) is 34.2 Å². The van der Waals surface area contributed by atoms with Gasteiger partial charge in [-0.2, -0.15) is 0 Å². The molecule has 1 amide bonds. The van der Waals surface area contributed by atoms with Gasteiger partial charge in [-0.25, -0.2) is 19.6 Å². The number of anilines is 2. The summed E-state index contributed by atoms with van der Waals surface area (Å²) in [5, 5.41) is 0.924. The summed E-state index contributed by atoms with van der Waals surface area (Å²) < 4.78 is 4.37. The lowest BCUT2D eigenvalue weighted by molar-refractivity contribution is 0.0644. The zero-order chi connectivity index (χ0) is 17.4. The number of carbonyl (C=O) groups excluding carboxylic acids is 2. The molecular weight excluding hydrogens is 354 g/mol. The number of rotatable bonds is 2. The summed E-state index contributed by atoms with van der Waals surface area (Å²) >= 11 is 6.94. The molecule has 0 spiro atoms. The van der Waals surface area contributed by atoms with Crippen LogP contribution in [0.3, 0.4) is 0 Å². The Kier molecular flexibility index (Phi) is 3.96. The number of aromatic nitrogens is 2. The molecule has 3 rings (SSSR count). The molecule has 122 valence electrons. The maximum absolute atomic E-state index is 11.9. The van der Waals surface area contributed by atoms with E-state index in [2.05, 4.69) is 14.7 Å². The van der Waals surface area contributed by atoms with Gasteiger partial charge in [0.25, 0.3) is 0 Å². The fourth-order valence-corrected chi connectivity index (χ4v) is 3.34. The summed E-state index contributed by atoms with van der Waals surface area (Å²) in [6.07, 6.45) is -1.22. The highest BCUT2D eigenvalue weighted by atomic mass is 35.5. The molecule has 10 heteroatoms. The summed E-state index contributed by atoms with van der Waals surface area (Å²) in [6, 6.07) is 6.90. The zero-order valence-corrected chi connectivity index (χ0v) is 13.5. The fourth-order valence-electron chi connectivity index (χ4n) is 2.17. The van der Waals surface area contributed by atoms with Crippen LogP contribution in [0.25, 0.3) is 21.5 Å². The molecule has 0 radical (unpaired) electrons. The van der Waals surface area contributed by atoms with Crippen molar-refractivity contribution in [2.45, 2.75) is 0 Å². The molecule has 0 aliphatic rings. The van der Waals surface area contributed by atoms with Gasteiger partial charge in [-0.1, -0.05) is 23.7 Å². The molecule has 0 atom stereocenters. The number of nitrogens with two attached hydrogens (primary N) is 3. The topological polar surface area (TPSA) is 147 Å². The average Bonchev–Trinajstić information content (AvgIpc) is 2.82. The van der Waals surface area contributed by atoms with E-state index < -0.39 is 12.1 Å². The molecule has 0 aliphatic carbocycles. The van der Waals surface area contributed by atoms with Crippen LogP contribution < -0.4 is 17.2 Å². The minimum atomic E-state index is -1.22. The molecule has 0 fully saturated rings. The SMILES string of the molecule is NC(=O)OC(=O)c1sc2nc(N)nc(-c3cccc(Cl)c3)c2c1N. The van der Waals surface area contributed by atoms with Gasteiger partial charge >= 0.3 is 12.1 Å². The lowest BCUT2D eigenvalue weighted by Crippen LogP contribution is -2.18. The lowest BCUT2D eigenvalue weighted by atomic mass is 10.1. The van der Waals surface area contributed by atoms with E-state index >= 15 is 0 Å². The number of primary amides is 1. The van der Waals surface area contributed by atoms with E-state index in [1.807, 2.05) is 0 Å². The van der Waals surface area contributed by atoms with Crippen LogP contribution in [0, 0.1) is 0 Å². The maximum atomic E-state index is 11.9. The number of amides is 1. The van der Waals surface area contributed by atoms with Gasteiger partial charge < -0.3 is 21.9 Å². The van der Waals surface area contributed by atoms with E-state index in [4.69, 9.17) is 28.8 Å². The Balaban J connectivity index is 2.26. The van der Waals surface area contributed by atoms with Gasteiger partial charge in [0.1, 0.15) is 9.71 Å². The number of hydrogen-bond donors (Lipinski definition) is 3. The quantitative estimate of drug-likeness (QED) is 0.467. The first-order chi connectivity index (χ1) is 11.4. The first kappa shape index (κ1) is 16.0. The Hall–Kier alpha value is -2.91. The number of ether oxygens (including phenoxy) is 1. The van der Waals surface area contributed by atoms with Gasteiger partial charge in [0.15, 0.2) is 0 Å². The second-order valence-electron chi connectivity index (χ2n) is 4.67. The molecule has 0 saturated carbocycles. The largest absolute Gasteiger partial charge is 0.412 e. The van der Waals surface area contributed by atoms with Crippen LogP contribution in [0.4, 0.5) is 16.4 Å². The van der Waals surface area contributed by atoms with Crippen molar-refractivity contribution in [3.63, 3.8) is 0 Å². The predicted molar refractivity (Wildman–Crippen MR) is 91.7 cm³/mol. The van der Waals surface area contributed by atoms with Crippen molar-refractivity contribution in [2.24, 2.45) is 5.73 Å². The van der Waals surface area contributed by atoms with E-state index in [-0.39, 0.29) is 16.5 Å². The smallest absolute Gasteiger partial charge is 0.397 e. The van der Waals surface area contributed by atoms with Gasteiger partial charge in [-0.3, -0.25) is 0 Å². The van der Waals surface area contributed by atoms with Crippen molar-refractivity contribution in [1.29, 1.82) is 0 Å². The third-order valence-corrected chi connectivity index (χ3v) is 4.40. The lowest BCUT2D eigenvalue weighted by Gasteiger charge is -2.05. The minimum absolute atomic E-state index is 0.00743. The molecule has 0 saturated heterocycles. The van der Waals surface area contributed by atoms with Crippen LogP contribution >= 0.6 is 22.9 Å². The van der Waals surface area contributed by atoms with Gasteiger partial charge in [0, 0.05) is 10.6 Å². The van der Waals surface area contributed by atoms with Crippen molar-refractivity contribution in [1.82, 2.24) is 9.97 Å². The average molecular weight is 364 g/mol. The van der Waals surface area contributed by atoms with E-state index in [9.17, 15) is 9.59 Å². The molecule has 8 nitrogen and oxygen atoms in total. The van der Waals surface area contributed by atoms with E-state index in [0.29, 0.717) is 26.5 Å². The van der Waals surface area contributed by atoms with Crippen LogP contribution in [0.15, 0.2) is 24.3 Å². The van der Waals surface area contributed by atoms with Gasteiger partial charge in [0.05, 0.1) is 16.8 Å². The highest BCUT2D eigenvalue weighted by Crippen LogP contribution is 2.39. The molecule has 3 aromatic rings. The standard InChI is InChI=1S/C14H10ClN5O3S/c15-6-3-1-2-5(4-6)9-7-8(16)10(12(21)23-14(18)22)24-11(7)20-13(17)19-9/h1-4H,16H2,(H2,18,22)(H2,17,19,20).